The average molecular weight is 153 g/mol. The van der Waals surface area contributed by atoms with Crippen LogP contribution in [0.1, 0.15) is 45.4 Å². The molecule has 0 aromatic rings. The number of hydrogen-bond acceptors (Lipinski definition) is 1. The van der Waals surface area contributed by atoms with Gasteiger partial charge in [0.15, 0.2) is 0 Å². The maximum Gasteiger partial charge on any atom is 0.00684 e. The third kappa shape index (κ3) is 1.58. The van der Waals surface area contributed by atoms with Crippen molar-refractivity contribution in [1.82, 2.24) is 5.32 Å². The van der Waals surface area contributed by atoms with Crippen molar-refractivity contribution in [2.45, 2.75) is 51.5 Å². The lowest BCUT2D eigenvalue weighted by Gasteiger charge is -2.41. The molecule has 2 fully saturated rings. The minimum Gasteiger partial charge on any atom is -0.313 e. The zero-order valence-corrected chi connectivity index (χ0v) is 7.53. The Morgan fingerprint density at radius 3 is 2.45 bits per heavy atom. The van der Waals surface area contributed by atoms with Crippen molar-refractivity contribution in [3.8, 4) is 0 Å². The molecule has 0 saturated heterocycles. The van der Waals surface area contributed by atoms with Gasteiger partial charge in [0, 0.05) is 12.6 Å². The van der Waals surface area contributed by atoms with Crippen LogP contribution in [0.4, 0.5) is 0 Å². The topological polar surface area (TPSA) is 12.0 Å². The van der Waals surface area contributed by atoms with Gasteiger partial charge in [-0.3, -0.25) is 0 Å². The van der Waals surface area contributed by atoms with Crippen LogP contribution in [-0.4, -0.2) is 12.6 Å². The molecule has 0 atom stereocenters. The minimum atomic E-state index is 0.725. The Balaban J connectivity index is 1.72. The van der Waals surface area contributed by atoms with E-state index >= 15 is 0 Å². The second kappa shape index (κ2) is 2.78. The van der Waals surface area contributed by atoms with Crippen LogP contribution in [0.3, 0.4) is 0 Å². The largest absolute Gasteiger partial charge is 0.313 e. The zero-order valence-electron chi connectivity index (χ0n) is 7.53. The molecule has 0 aromatic carbocycles. The van der Waals surface area contributed by atoms with Gasteiger partial charge in [-0.05, 0) is 37.5 Å². The van der Waals surface area contributed by atoms with E-state index in [1.165, 1.54) is 45.1 Å². The lowest BCUT2D eigenvalue weighted by molar-refractivity contribution is 0.123. The highest BCUT2D eigenvalue weighted by atomic mass is 15.0. The average Bonchev–Trinajstić information content (AvgIpc) is 2.70. The summed E-state index contributed by atoms with van der Waals surface area (Å²) in [5.74, 6) is 0. The molecule has 0 amide bonds. The van der Waals surface area contributed by atoms with Crippen LogP contribution in [0.25, 0.3) is 0 Å². The van der Waals surface area contributed by atoms with E-state index in [2.05, 4.69) is 12.2 Å². The quantitative estimate of drug-likeness (QED) is 0.653. The van der Waals surface area contributed by atoms with Gasteiger partial charge in [-0.2, -0.15) is 0 Å². The summed E-state index contributed by atoms with van der Waals surface area (Å²) in [4.78, 5) is 0. The van der Waals surface area contributed by atoms with Crippen LogP contribution in [0.2, 0.25) is 0 Å². The summed E-state index contributed by atoms with van der Waals surface area (Å²) in [5, 5.41) is 3.65. The molecule has 11 heavy (non-hydrogen) atoms. The highest BCUT2D eigenvalue weighted by Crippen LogP contribution is 2.43. The molecule has 0 bridgehead atoms. The molecule has 0 spiro atoms. The van der Waals surface area contributed by atoms with Crippen molar-refractivity contribution < 1.29 is 0 Å². The van der Waals surface area contributed by atoms with Gasteiger partial charge in [-0.25, -0.2) is 0 Å². The molecule has 0 aromatic heterocycles. The third-order valence-corrected chi connectivity index (χ3v) is 3.51. The predicted molar refractivity (Wildman–Crippen MR) is 47.6 cm³/mol. The summed E-state index contributed by atoms with van der Waals surface area (Å²) in [5.41, 5.74) is 0.725. The second-order valence-corrected chi connectivity index (χ2v) is 4.36. The smallest absolute Gasteiger partial charge is 0.00684 e. The van der Waals surface area contributed by atoms with Crippen molar-refractivity contribution in [1.29, 1.82) is 0 Å². The van der Waals surface area contributed by atoms with Crippen LogP contribution in [-0.2, 0) is 0 Å². The first-order chi connectivity index (χ1) is 5.35. The maximum absolute atomic E-state index is 3.65. The Bertz CT molecular complexity index is 128. The monoisotopic (exact) mass is 153 g/mol. The first-order valence-electron chi connectivity index (χ1n) is 5.08. The SMILES string of the molecule is CCC1(CNC2CC2)CCC1. The Morgan fingerprint density at radius 1 is 1.36 bits per heavy atom. The van der Waals surface area contributed by atoms with Crippen molar-refractivity contribution in [3.05, 3.63) is 0 Å². The fraction of sp³-hybridized carbons (Fsp3) is 1.00. The van der Waals surface area contributed by atoms with Gasteiger partial charge < -0.3 is 5.32 Å². The summed E-state index contributed by atoms with van der Waals surface area (Å²) in [6.07, 6.45) is 8.67. The van der Waals surface area contributed by atoms with Crippen LogP contribution >= 0.6 is 0 Å². The van der Waals surface area contributed by atoms with Crippen LogP contribution < -0.4 is 5.32 Å². The van der Waals surface area contributed by atoms with E-state index in [9.17, 15) is 0 Å². The summed E-state index contributed by atoms with van der Waals surface area (Å²) < 4.78 is 0. The van der Waals surface area contributed by atoms with E-state index in [0.29, 0.717) is 0 Å². The normalized spacial score (nSPS) is 28.1. The Hall–Kier alpha value is -0.0400. The first-order valence-corrected chi connectivity index (χ1v) is 5.08. The highest BCUT2D eigenvalue weighted by molar-refractivity contribution is 4.91. The predicted octanol–water partition coefficient (Wildman–Crippen LogP) is 2.32. The lowest BCUT2D eigenvalue weighted by Crippen LogP contribution is -2.40. The van der Waals surface area contributed by atoms with Gasteiger partial charge in [0.1, 0.15) is 0 Å². The van der Waals surface area contributed by atoms with E-state index in [-0.39, 0.29) is 0 Å². The standard InChI is InChI=1S/C10H19N/c1-2-10(6-3-7-10)8-11-9-4-5-9/h9,11H,2-8H2,1H3. The summed E-state index contributed by atoms with van der Waals surface area (Å²) in [6.45, 7) is 3.64. The Morgan fingerprint density at radius 2 is 2.09 bits per heavy atom. The van der Waals surface area contributed by atoms with Crippen molar-refractivity contribution in [3.63, 3.8) is 0 Å². The highest BCUT2D eigenvalue weighted by Gasteiger charge is 2.36. The van der Waals surface area contributed by atoms with Gasteiger partial charge in [0.05, 0.1) is 0 Å². The summed E-state index contributed by atoms with van der Waals surface area (Å²) >= 11 is 0. The minimum absolute atomic E-state index is 0.725. The van der Waals surface area contributed by atoms with E-state index in [1.54, 1.807) is 0 Å². The summed E-state index contributed by atoms with van der Waals surface area (Å²) in [7, 11) is 0. The van der Waals surface area contributed by atoms with Gasteiger partial charge in [-0.15, -0.1) is 0 Å². The molecule has 0 heterocycles. The molecule has 2 aliphatic rings. The Labute approximate surface area is 69.6 Å². The van der Waals surface area contributed by atoms with Crippen molar-refractivity contribution in [2.24, 2.45) is 5.41 Å². The molecule has 2 aliphatic carbocycles. The van der Waals surface area contributed by atoms with Crippen molar-refractivity contribution in [2.75, 3.05) is 6.54 Å². The van der Waals surface area contributed by atoms with E-state index in [4.69, 9.17) is 0 Å². The molecule has 0 unspecified atom stereocenters. The molecule has 1 N–H and O–H groups in total. The van der Waals surface area contributed by atoms with Gasteiger partial charge in [-0.1, -0.05) is 13.3 Å². The second-order valence-electron chi connectivity index (χ2n) is 4.36. The van der Waals surface area contributed by atoms with E-state index in [0.717, 1.165) is 11.5 Å². The molecule has 0 radical (unpaired) electrons. The van der Waals surface area contributed by atoms with Crippen LogP contribution in [0.15, 0.2) is 0 Å². The van der Waals surface area contributed by atoms with Gasteiger partial charge in [0.25, 0.3) is 0 Å². The summed E-state index contributed by atoms with van der Waals surface area (Å²) in [6, 6.07) is 0.902. The molecular weight excluding hydrogens is 134 g/mol. The molecule has 0 aliphatic heterocycles. The van der Waals surface area contributed by atoms with Crippen LogP contribution in [0.5, 0.6) is 0 Å². The fourth-order valence-corrected chi connectivity index (χ4v) is 1.98. The molecule has 1 nitrogen and oxygen atoms in total. The molecule has 64 valence electrons. The lowest BCUT2D eigenvalue weighted by atomic mass is 9.67. The first kappa shape index (κ1) is 7.60. The van der Waals surface area contributed by atoms with E-state index < -0.39 is 0 Å². The number of rotatable bonds is 4. The maximum atomic E-state index is 3.65. The zero-order chi connectivity index (χ0) is 7.73. The number of hydrogen-bond donors (Lipinski definition) is 1. The number of nitrogens with one attached hydrogen (secondary N) is 1. The molecule has 1 heteroatoms. The Kier molecular flexibility index (Phi) is 1.92. The molecular formula is C10H19N. The van der Waals surface area contributed by atoms with Gasteiger partial charge >= 0.3 is 0 Å². The third-order valence-electron chi connectivity index (χ3n) is 3.51. The van der Waals surface area contributed by atoms with Crippen LogP contribution in [0, 0.1) is 5.41 Å². The van der Waals surface area contributed by atoms with Gasteiger partial charge in [0.2, 0.25) is 0 Å². The van der Waals surface area contributed by atoms with Crippen molar-refractivity contribution >= 4 is 0 Å². The van der Waals surface area contributed by atoms with E-state index in [1.807, 2.05) is 0 Å². The molecule has 2 saturated carbocycles. The molecule has 2 rings (SSSR count). The fourth-order valence-electron chi connectivity index (χ4n) is 1.98.